The Morgan fingerprint density at radius 1 is 1.32 bits per heavy atom. The lowest BCUT2D eigenvalue weighted by Crippen LogP contribution is -2.17. The number of hydrogen-bond donors (Lipinski definition) is 1. The quantitative estimate of drug-likeness (QED) is 0.887. The highest BCUT2D eigenvalue weighted by Gasteiger charge is 2.20. The second-order valence-electron chi connectivity index (χ2n) is 5.11. The molecule has 0 unspecified atom stereocenters. The topological polar surface area (TPSA) is 50.7 Å². The van der Waals surface area contributed by atoms with Crippen LogP contribution in [0.15, 0.2) is 30.6 Å². The summed E-state index contributed by atoms with van der Waals surface area (Å²) in [5.74, 6) is 0.876. The Morgan fingerprint density at radius 3 is 2.95 bits per heavy atom. The van der Waals surface area contributed by atoms with E-state index in [9.17, 15) is 0 Å². The molecule has 0 bridgehead atoms. The third-order valence-corrected chi connectivity index (χ3v) is 3.19. The summed E-state index contributed by atoms with van der Waals surface area (Å²) < 4.78 is 0. The first kappa shape index (κ1) is 12.2. The minimum atomic E-state index is 0.706. The van der Waals surface area contributed by atoms with Crippen molar-refractivity contribution in [2.24, 2.45) is 0 Å². The van der Waals surface area contributed by atoms with E-state index in [4.69, 9.17) is 0 Å². The van der Waals surface area contributed by atoms with Crippen LogP contribution in [0, 0.1) is 6.92 Å². The molecular formula is C15H18N4. The van der Waals surface area contributed by atoms with E-state index < -0.39 is 0 Å². The molecule has 4 heteroatoms. The van der Waals surface area contributed by atoms with Crippen molar-refractivity contribution in [2.75, 3.05) is 0 Å². The summed E-state index contributed by atoms with van der Waals surface area (Å²) >= 11 is 0. The monoisotopic (exact) mass is 254 g/mol. The van der Waals surface area contributed by atoms with Gasteiger partial charge in [-0.15, -0.1) is 0 Å². The maximum absolute atomic E-state index is 4.63. The Kier molecular flexibility index (Phi) is 3.51. The summed E-state index contributed by atoms with van der Waals surface area (Å²) in [4.78, 5) is 13.3. The molecule has 0 saturated heterocycles. The average Bonchev–Trinajstić information content (AvgIpc) is 3.21. The average molecular weight is 254 g/mol. The van der Waals surface area contributed by atoms with Crippen molar-refractivity contribution in [3.63, 3.8) is 0 Å². The highest BCUT2D eigenvalue weighted by Crippen LogP contribution is 2.19. The van der Waals surface area contributed by atoms with Crippen LogP contribution in [-0.4, -0.2) is 21.0 Å². The maximum atomic E-state index is 4.63. The minimum absolute atomic E-state index is 0.706. The standard InChI is InChI=1S/C15H18N4/c1-11-7-14(10-17-13-4-5-13)19-15(18-11)8-12-3-2-6-16-9-12/h2-3,6-7,9,13,17H,4-5,8,10H2,1H3. The van der Waals surface area contributed by atoms with Crippen LogP contribution in [0.25, 0.3) is 0 Å². The fourth-order valence-corrected chi connectivity index (χ4v) is 2.09. The summed E-state index contributed by atoms with van der Waals surface area (Å²) in [6, 6.07) is 6.76. The van der Waals surface area contributed by atoms with Gasteiger partial charge < -0.3 is 5.32 Å². The highest BCUT2D eigenvalue weighted by atomic mass is 15.0. The summed E-state index contributed by atoms with van der Waals surface area (Å²) in [7, 11) is 0. The first-order valence-electron chi connectivity index (χ1n) is 6.75. The molecule has 1 fully saturated rings. The van der Waals surface area contributed by atoms with Gasteiger partial charge in [0, 0.05) is 37.1 Å². The number of hydrogen-bond acceptors (Lipinski definition) is 4. The maximum Gasteiger partial charge on any atom is 0.133 e. The van der Waals surface area contributed by atoms with Crippen molar-refractivity contribution in [3.05, 3.63) is 53.4 Å². The van der Waals surface area contributed by atoms with Gasteiger partial charge in [0.15, 0.2) is 0 Å². The molecular weight excluding hydrogens is 236 g/mol. The predicted octanol–water partition coefficient (Wildman–Crippen LogP) is 2.02. The molecule has 1 saturated carbocycles. The summed E-state index contributed by atoms with van der Waals surface area (Å²) in [5, 5.41) is 3.49. The number of rotatable bonds is 5. The van der Waals surface area contributed by atoms with E-state index in [0.717, 1.165) is 35.7 Å². The Labute approximate surface area is 113 Å². The van der Waals surface area contributed by atoms with Gasteiger partial charge in [-0.2, -0.15) is 0 Å². The molecule has 0 aromatic carbocycles. The molecule has 19 heavy (non-hydrogen) atoms. The highest BCUT2D eigenvalue weighted by molar-refractivity contribution is 5.17. The van der Waals surface area contributed by atoms with Crippen LogP contribution in [0.5, 0.6) is 0 Å². The summed E-state index contributed by atoms with van der Waals surface area (Å²) in [6.45, 7) is 2.86. The number of nitrogens with one attached hydrogen (secondary N) is 1. The van der Waals surface area contributed by atoms with Gasteiger partial charge in [-0.1, -0.05) is 6.07 Å². The molecule has 0 spiro atoms. The molecule has 0 amide bonds. The Balaban J connectivity index is 1.72. The van der Waals surface area contributed by atoms with Gasteiger partial charge in [-0.25, -0.2) is 9.97 Å². The van der Waals surface area contributed by atoms with E-state index in [1.807, 2.05) is 19.2 Å². The zero-order valence-electron chi connectivity index (χ0n) is 11.1. The van der Waals surface area contributed by atoms with Gasteiger partial charge in [-0.05, 0) is 37.5 Å². The first-order valence-corrected chi connectivity index (χ1v) is 6.75. The number of aryl methyl sites for hydroxylation is 1. The normalized spacial score (nSPS) is 14.6. The van der Waals surface area contributed by atoms with Gasteiger partial charge in [-0.3, -0.25) is 4.98 Å². The molecule has 3 rings (SSSR count). The van der Waals surface area contributed by atoms with Crippen molar-refractivity contribution in [1.29, 1.82) is 0 Å². The van der Waals surface area contributed by atoms with Crippen molar-refractivity contribution in [3.8, 4) is 0 Å². The predicted molar refractivity (Wildman–Crippen MR) is 73.7 cm³/mol. The largest absolute Gasteiger partial charge is 0.308 e. The Bertz CT molecular complexity index is 549. The van der Waals surface area contributed by atoms with Crippen LogP contribution in [0.1, 0.15) is 35.6 Å². The second-order valence-corrected chi connectivity index (χ2v) is 5.11. The van der Waals surface area contributed by atoms with E-state index >= 15 is 0 Å². The van der Waals surface area contributed by atoms with E-state index in [-0.39, 0.29) is 0 Å². The zero-order valence-corrected chi connectivity index (χ0v) is 11.1. The molecule has 2 heterocycles. The molecule has 0 radical (unpaired) electrons. The van der Waals surface area contributed by atoms with Crippen LogP contribution in [-0.2, 0) is 13.0 Å². The lowest BCUT2D eigenvalue weighted by Gasteiger charge is -2.07. The number of nitrogens with zero attached hydrogens (tertiary/aromatic N) is 3. The lowest BCUT2D eigenvalue weighted by atomic mass is 10.2. The van der Waals surface area contributed by atoms with Crippen molar-refractivity contribution in [1.82, 2.24) is 20.3 Å². The molecule has 1 N–H and O–H groups in total. The van der Waals surface area contributed by atoms with Gasteiger partial charge >= 0.3 is 0 Å². The van der Waals surface area contributed by atoms with Crippen LogP contribution in [0.3, 0.4) is 0 Å². The van der Waals surface area contributed by atoms with Gasteiger partial charge in [0.1, 0.15) is 5.82 Å². The van der Waals surface area contributed by atoms with Crippen molar-refractivity contribution in [2.45, 2.75) is 38.8 Å². The third kappa shape index (κ3) is 3.58. The first-order chi connectivity index (χ1) is 9.29. The van der Waals surface area contributed by atoms with E-state index in [2.05, 4.69) is 32.4 Å². The summed E-state index contributed by atoms with van der Waals surface area (Å²) in [6.07, 6.45) is 6.99. The van der Waals surface area contributed by atoms with Crippen LogP contribution < -0.4 is 5.32 Å². The molecule has 2 aromatic rings. The molecule has 0 atom stereocenters. The number of aromatic nitrogens is 3. The van der Waals surface area contributed by atoms with Gasteiger partial charge in [0.25, 0.3) is 0 Å². The zero-order chi connectivity index (χ0) is 13.1. The molecule has 2 aromatic heterocycles. The Hall–Kier alpha value is -1.81. The van der Waals surface area contributed by atoms with Gasteiger partial charge in [0.2, 0.25) is 0 Å². The van der Waals surface area contributed by atoms with E-state index in [0.29, 0.717) is 6.04 Å². The molecule has 4 nitrogen and oxygen atoms in total. The Morgan fingerprint density at radius 2 is 2.21 bits per heavy atom. The number of pyridine rings is 1. The smallest absolute Gasteiger partial charge is 0.133 e. The van der Waals surface area contributed by atoms with Crippen LogP contribution in [0.2, 0.25) is 0 Å². The lowest BCUT2D eigenvalue weighted by molar-refractivity contribution is 0.667. The molecule has 98 valence electrons. The SMILES string of the molecule is Cc1cc(CNC2CC2)nc(Cc2cccnc2)n1. The molecule has 0 aliphatic heterocycles. The minimum Gasteiger partial charge on any atom is -0.308 e. The van der Waals surface area contributed by atoms with Gasteiger partial charge in [0.05, 0.1) is 5.69 Å². The van der Waals surface area contributed by atoms with Crippen LogP contribution >= 0.6 is 0 Å². The second kappa shape index (κ2) is 5.45. The van der Waals surface area contributed by atoms with Crippen molar-refractivity contribution >= 4 is 0 Å². The van der Waals surface area contributed by atoms with E-state index in [1.165, 1.54) is 12.8 Å². The fourth-order valence-electron chi connectivity index (χ4n) is 2.09. The van der Waals surface area contributed by atoms with Crippen LogP contribution in [0.4, 0.5) is 0 Å². The van der Waals surface area contributed by atoms with E-state index in [1.54, 1.807) is 6.20 Å². The van der Waals surface area contributed by atoms with Crippen molar-refractivity contribution < 1.29 is 0 Å². The summed E-state index contributed by atoms with van der Waals surface area (Å²) in [5.41, 5.74) is 3.26. The third-order valence-electron chi connectivity index (χ3n) is 3.19. The fraction of sp³-hybridized carbons (Fsp3) is 0.400. The molecule has 1 aliphatic carbocycles. The molecule has 1 aliphatic rings.